The summed E-state index contributed by atoms with van der Waals surface area (Å²) in [7, 11) is 0. The number of thiophene rings is 1. The Balaban J connectivity index is 2.05. The highest BCUT2D eigenvalue weighted by Gasteiger charge is 2.32. The van der Waals surface area contributed by atoms with E-state index in [4.69, 9.17) is 9.47 Å². The van der Waals surface area contributed by atoms with E-state index < -0.39 is 29.1 Å². The van der Waals surface area contributed by atoms with Gasteiger partial charge >= 0.3 is 11.9 Å². The molecule has 0 spiro atoms. The number of fused-ring (bicyclic) bond motifs is 1. The number of esters is 2. The molecule has 9 nitrogen and oxygen atoms in total. The number of H-pyrrole nitrogens is 1. The summed E-state index contributed by atoms with van der Waals surface area (Å²) in [6.07, 6.45) is 0. The number of aryl methyl sites for hydroxylation is 2. The summed E-state index contributed by atoms with van der Waals surface area (Å²) in [6, 6.07) is -1.52. The standard InChI is InChI=1S/C19H25N3O6S2/c1-6-27-18(25)14(19(26)28-7-2)22-15(23)11(5)29-8-12-20-16(24)13-9(3)10(4)30-17(13)21-12/h11,14H,6-8H2,1-5H3,(H,22,23)(H,20,21,24). The largest absolute Gasteiger partial charge is 0.464 e. The van der Waals surface area contributed by atoms with Crippen molar-refractivity contribution in [3.05, 3.63) is 26.6 Å². The fourth-order valence-corrected chi connectivity index (χ4v) is 4.38. The highest BCUT2D eigenvalue weighted by molar-refractivity contribution is 7.99. The fraction of sp³-hybridized carbons (Fsp3) is 0.526. The third-order valence-corrected chi connectivity index (χ3v) is 6.51. The van der Waals surface area contributed by atoms with Crippen LogP contribution in [0.2, 0.25) is 0 Å². The molecule has 0 aliphatic heterocycles. The molecule has 1 unspecified atom stereocenters. The minimum Gasteiger partial charge on any atom is -0.464 e. The van der Waals surface area contributed by atoms with Gasteiger partial charge in [0, 0.05) is 4.88 Å². The first kappa shape index (κ1) is 23.9. The highest BCUT2D eigenvalue weighted by Crippen LogP contribution is 2.26. The molecule has 30 heavy (non-hydrogen) atoms. The quantitative estimate of drug-likeness (QED) is 0.433. The van der Waals surface area contributed by atoms with Gasteiger partial charge in [-0.1, -0.05) is 0 Å². The number of thioether (sulfide) groups is 1. The van der Waals surface area contributed by atoms with Gasteiger partial charge < -0.3 is 19.8 Å². The van der Waals surface area contributed by atoms with Crippen LogP contribution >= 0.6 is 23.1 Å². The van der Waals surface area contributed by atoms with Crippen LogP contribution in [-0.4, -0.2) is 52.3 Å². The third kappa shape index (κ3) is 5.60. The normalized spacial score (nSPS) is 12.1. The van der Waals surface area contributed by atoms with E-state index in [0.29, 0.717) is 16.0 Å². The lowest BCUT2D eigenvalue weighted by Gasteiger charge is -2.18. The number of carbonyl (C=O) groups is 3. The molecule has 0 aliphatic carbocycles. The number of aromatic amines is 1. The van der Waals surface area contributed by atoms with Crippen molar-refractivity contribution in [2.45, 2.75) is 51.7 Å². The summed E-state index contributed by atoms with van der Waals surface area (Å²) in [5.41, 5.74) is 0.707. The number of hydrogen-bond donors (Lipinski definition) is 2. The summed E-state index contributed by atoms with van der Waals surface area (Å²) in [5.74, 6) is -1.55. The Hall–Kier alpha value is -2.40. The lowest BCUT2D eigenvalue weighted by Crippen LogP contribution is -2.50. The van der Waals surface area contributed by atoms with Gasteiger partial charge in [-0.3, -0.25) is 9.59 Å². The van der Waals surface area contributed by atoms with E-state index in [9.17, 15) is 19.2 Å². The number of aromatic nitrogens is 2. The molecule has 0 saturated carbocycles. The second-order valence-electron chi connectivity index (χ2n) is 6.37. The Kier molecular flexibility index (Phi) is 8.42. The van der Waals surface area contributed by atoms with Crippen LogP contribution in [0.5, 0.6) is 0 Å². The van der Waals surface area contributed by atoms with E-state index in [1.807, 2.05) is 13.8 Å². The van der Waals surface area contributed by atoms with E-state index in [-0.39, 0.29) is 24.5 Å². The molecule has 0 bridgehead atoms. The number of nitrogens with zero attached hydrogens (tertiary/aromatic N) is 1. The lowest BCUT2D eigenvalue weighted by atomic mass is 10.2. The first-order valence-electron chi connectivity index (χ1n) is 9.43. The molecular weight excluding hydrogens is 430 g/mol. The molecule has 0 aliphatic rings. The molecule has 2 aromatic rings. The average Bonchev–Trinajstić information content (AvgIpc) is 2.98. The van der Waals surface area contributed by atoms with Gasteiger partial charge in [0.15, 0.2) is 0 Å². The van der Waals surface area contributed by atoms with Gasteiger partial charge in [0.05, 0.1) is 29.6 Å². The van der Waals surface area contributed by atoms with Crippen LogP contribution in [0, 0.1) is 13.8 Å². The van der Waals surface area contributed by atoms with Crippen molar-refractivity contribution in [3.8, 4) is 0 Å². The van der Waals surface area contributed by atoms with Crippen LogP contribution in [0.1, 0.15) is 37.0 Å². The van der Waals surface area contributed by atoms with Gasteiger partial charge in [-0.2, -0.15) is 0 Å². The number of carbonyl (C=O) groups excluding carboxylic acids is 3. The monoisotopic (exact) mass is 455 g/mol. The molecule has 2 N–H and O–H groups in total. The SMILES string of the molecule is CCOC(=O)C(NC(=O)C(C)SCc1nc2sc(C)c(C)c2c(=O)[nH]1)C(=O)OCC. The second-order valence-corrected chi connectivity index (χ2v) is 8.91. The zero-order valence-corrected chi connectivity index (χ0v) is 19.1. The Morgan fingerprint density at radius 1 is 1.17 bits per heavy atom. The predicted molar refractivity (Wildman–Crippen MR) is 116 cm³/mol. The molecule has 1 amide bonds. The van der Waals surface area contributed by atoms with Crippen molar-refractivity contribution in [1.29, 1.82) is 0 Å². The van der Waals surface area contributed by atoms with Gasteiger partial charge in [0.1, 0.15) is 10.7 Å². The Morgan fingerprint density at radius 3 is 2.33 bits per heavy atom. The summed E-state index contributed by atoms with van der Waals surface area (Å²) in [4.78, 5) is 57.7. The first-order valence-corrected chi connectivity index (χ1v) is 11.3. The molecule has 2 rings (SSSR count). The molecule has 0 fully saturated rings. The van der Waals surface area contributed by atoms with Crippen molar-refractivity contribution in [2.24, 2.45) is 0 Å². The third-order valence-electron chi connectivity index (χ3n) is 4.26. The maximum atomic E-state index is 12.5. The second kappa shape index (κ2) is 10.6. The average molecular weight is 456 g/mol. The Morgan fingerprint density at radius 2 is 1.77 bits per heavy atom. The Bertz CT molecular complexity index is 982. The van der Waals surface area contributed by atoms with E-state index in [1.165, 1.54) is 23.1 Å². The van der Waals surface area contributed by atoms with Crippen molar-refractivity contribution in [1.82, 2.24) is 15.3 Å². The van der Waals surface area contributed by atoms with Crippen molar-refractivity contribution in [2.75, 3.05) is 13.2 Å². The van der Waals surface area contributed by atoms with E-state index in [1.54, 1.807) is 20.8 Å². The maximum Gasteiger partial charge on any atom is 0.340 e. The number of rotatable bonds is 9. The van der Waals surface area contributed by atoms with Crippen LogP contribution in [0.4, 0.5) is 0 Å². The molecule has 164 valence electrons. The predicted octanol–water partition coefficient (Wildman–Crippen LogP) is 1.83. The highest BCUT2D eigenvalue weighted by atomic mass is 32.2. The van der Waals surface area contributed by atoms with Crippen LogP contribution in [0.15, 0.2) is 4.79 Å². The van der Waals surface area contributed by atoms with Gasteiger partial charge in [0.2, 0.25) is 11.9 Å². The summed E-state index contributed by atoms with van der Waals surface area (Å²) < 4.78 is 9.67. The molecule has 2 heterocycles. The number of ether oxygens (including phenoxy) is 2. The van der Waals surface area contributed by atoms with Crippen molar-refractivity contribution in [3.63, 3.8) is 0 Å². The van der Waals surface area contributed by atoms with Gasteiger partial charge in [-0.05, 0) is 40.2 Å². The minimum absolute atomic E-state index is 0.0676. The number of hydrogen-bond acceptors (Lipinski definition) is 9. The molecule has 11 heteroatoms. The van der Waals surface area contributed by atoms with Crippen LogP contribution in [0.25, 0.3) is 10.2 Å². The van der Waals surface area contributed by atoms with Crippen molar-refractivity contribution < 1.29 is 23.9 Å². The molecule has 0 aromatic carbocycles. The fourth-order valence-electron chi connectivity index (χ4n) is 2.57. The number of amides is 1. The van der Waals surface area contributed by atoms with Gasteiger partial charge in [0.25, 0.3) is 5.56 Å². The molecule has 0 saturated heterocycles. The van der Waals surface area contributed by atoms with Crippen LogP contribution in [-0.2, 0) is 29.6 Å². The zero-order valence-electron chi connectivity index (χ0n) is 17.5. The molecule has 2 aromatic heterocycles. The van der Waals surface area contributed by atoms with Gasteiger partial charge in [-0.15, -0.1) is 23.1 Å². The maximum absolute atomic E-state index is 12.5. The minimum atomic E-state index is -1.52. The molecular formula is C19H25N3O6S2. The van der Waals surface area contributed by atoms with E-state index in [2.05, 4.69) is 15.3 Å². The smallest absolute Gasteiger partial charge is 0.340 e. The van der Waals surface area contributed by atoms with Crippen molar-refractivity contribution >= 4 is 51.2 Å². The molecule has 0 radical (unpaired) electrons. The van der Waals surface area contributed by atoms with E-state index >= 15 is 0 Å². The lowest BCUT2D eigenvalue weighted by molar-refractivity contribution is -0.159. The zero-order chi connectivity index (χ0) is 22.4. The first-order chi connectivity index (χ1) is 14.2. The van der Waals surface area contributed by atoms with Crippen LogP contribution in [0.3, 0.4) is 0 Å². The summed E-state index contributed by atoms with van der Waals surface area (Å²) in [5, 5.41) is 2.34. The summed E-state index contributed by atoms with van der Waals surface area (Å²) >= 11 is 2.66. The van der Waals surface area contributed by atoms with Gasteiger partial charge in [-0.25, -0.2) is 14.6 Å². The molecule has 1 atom stereocenters. The topological polar surface area (TPSA) is 127 Å². The Labute approximate surface area is 181 Å². The van der Waals surface area contributed by atoms with E-state index in [0.717, 1.165) is 10.4 Å². The summed E-state index contributed by atoms with van der Waals surface area (Å²) in [6.45, 7) is 8.78. The van der Waals surface area contributed by atoms with Crippen LogP contribution < -0.4 is 10.9 Å². The number of nitrogens with one attached hydrogen (secondary N) is 2.